The fourth-order valence-corrected chi connectivity index (χ4v) is 2.79. The van der Waals surface area contributed by atoms with Crippen LogP contribution >= 0.6 is 11.5 Å². The molecule has 0 fully saturated rings. The molecule has 0 atom stereocenters. The van der Waals surface area contributed by atoms with Gasteiger partial charge in [-0.1, -0.05) is 49.0 Å². The van der Waals surface area contributed by atoms with Crippen LogP contribution in [0.25, 0.3) is 6.08 Å². The summed E-state index contributed by atoms with van der Waals surface area (Å²) in [5, 5.41) is 9.78. The van der Waals surface area contributed by atoms with E-state index >= 15 is 0 Å². The Morgan fingerprint density at radius 1 is 1.26 bits per heavy atom. The van der Waals surface area contributed by atoms with Crippen LogP contribution in [0.15, 0.2) is 61.2 Å². The maximum atomic E-state index is 11.5. The summed E-state index contributed by atoms with van der Waals surface area (Å²) in [7, 11) is 0. The molecule has 2 bridgehead atoms. The third-order valence-electron chi connectivity index (χ3n) is 3.58. The van der Waals surface area contributed by atoms with Crippen molar-refractivity contribution in [1.29, 1.82) is 0 Å². The Morgan fingerprint density at radius 2 is 2.00 bits per heavy atom. The SMILES string of the molecule is C=Cc1nsc(NC(=O)OCc2ccccc2)n1.O=C1OCc2cccc1c2.O=CO. The zero-order valence-electron chi connectivity index (χ0n) is 16.3. The van der Waals surface area contributed by atoms with E-state index in [9.17, 15) is 9.59 Å². The van der Waals surface area contributed by atoms with Crippen molar-refractivity contribution in [3.63, 3.8) is 0 Å². The summed E-state index contributed by atoms with van der Waals surface area (Å²) in [6, 6.07) is 16.9. The molecule has 10 heteroatoms. The monoisotopic (exact) mass is 441 g/mol. The van der Waals surface area contributed by atoms with E-state index in [1.54, 1.807) is 6.07 Å². The number of cyclic esters (lactones) is 1. The molecular weight excluding hydrogens is 422 g/mol. The molecule has 1 aliphatic heterocycles. The number of hydrogen-bond donors (Lipinski definition) is 2. The zero-order chi connectivity index (χ0) is 22.5. The molecule has 3 aromatic rings. The van der Waals surface area contributed by atoms with Crippen LogP contribution in [0.2, 0.25) is 0 Å². The predicted octanol–water partition coefficient (Wildman–Crippen LogP) is 3.99. The van der Waals surface area contributed by atoms with Gasteiger partial charge in [0, 0.05) is 11.5 Å². The second kappa shape index (κ2) is 12.5. The molecule has 31 heavy (non-hydrogen) atoms. The topological polar surface area (TPSA) is 128 Å². The summed E-state index contributed by atoms with van der Waals surface area (Å²) in [4.78, 5) is 34.7. The van der Waals surface area contributed by atoms with E-state index in [0.717, 1.165) is 22.7 Å². The number of ether oxygens (including phenoxy) is 2. The number of nitrogens with one attached hydrogen (secondary N) is 1. The van der Waals surface area contributed by atoms with E-state index in [2.05, 4.69) is 21.3 Å². The molecule has 9 nitrogen and oxygen atoms in total. The number of aromatic nitrogens is 2. The summed E-state index contributed by atoms with van der Waals surface area (Å²) in [5.41, 5.74) is 2.65. The Kier molecular flexibility index (Phi) is 9.37. The molecule has 160 valence electrons. The third-order valence-corrected chi connectivity index (χ3v) is 4.22. The van der Waals surface area contributed by atoms with Gasteiger partial charge in [0.2, 0.25) is 5.13 Å². The minimum absolute atomic E-state index is 0.215. The van der Waals surface area contributed by atoms with Crippen LogP contribution in [0.4, 0.5) is 9.93 Å². The average Bonchev–Trinajstić information content (AvgIpc) is 3.25. The van der Waals surface area contributed by atoms with Gasteiger partial charge in [-0.2, -0.15) is 9.36 Å². The van der Waals surface area contributed by atoms with Crippen LogP contribution in [-0.2, 0) is 27.5 Å². The molecule has 0 radical (unpaired) electrons. The van der Waals surface area contributed by atoms with Crippen molar-refractivity contribution < 1.29 is 29.0 Å². The lowest BCUT2D eigenvalue weighted by Crippen LogP contribution is -2.13. The van der Waals surface area contributed by atoms with Gasteiger partial charge in [-0.15, -0.1) is 0 Å². The molecule has 1 aliphatic rings. The number of hydrogen-bond acceptors (Lipinski definition) is 8. The molecule has 0 saturated carbocycles. The van der Waals surface area contributed by atoms with Crippen molar-refractivity contribution in [2.75, 3.05) is 5.32 Å². The Hall–Kier alpha value is -4.05. The first kappa shape index (κ1) is 23.2. The van der Waals surface area contributed by atoms with E-state index in [4.69, 9.17) is 19.4 Å². The molecule has 1 amide bonds. The van der Waals surface area contributed by atoms with Crippen LogP contribution < -0.4 is 5.32 Å². The highest BCUT2D eigenvalue weighted by atomic mass is 32.1. The lowest BCUT2D eigenvalue weighted by Gasteiger charge is -2.11. The van der Waals surface area contributed by atoms with E-state index in [0.29, 0.717) is 23.1 Å². The minimum Gasteiger partial charge on any atom is -0.483 e. The first-order valence-corrected chi connectivity index (χ1v) is 9.60. The number of amides is 1. The first-order valence-electron chi connectivity index (χ1n) is 8.83. The summed E-state index contributed by atoms with van der Waals surface area (Å²) in [5.74, 6) is 0.270. The summed E-state index contributed by atoms with van der Waals surface area (Å²) < 4.78 is 13.8. The van der Waals surface area contributed by atoms with Crippen LogP contribution in [-0.4, -0.2) is 33.0 Å². The average molecular weight is 441 g/mol. The van der Waals surface area contributed by atoms with Gasteiger partial charge in [0.15, 0.2) is 5.82 Å². The predicted molar refractivity (Wildman–Crippen MR) is 115 cm³/mol. The number of carboxylic acid groups (broad SMARTS) is 1. The van der Waals surface area contributed by atoms with Crippen LogP contribution in [0, 0.1) is 0 Å². The van der Waals surface area contributed by atoms with Gasteiger partial charge >= 0.3 is 12.1 Å². The molecule has 0 spiro atoms. The molecule has 0 aliphatic carbocycles. The highest BCUT2D eigenvalue weighted by molar-refractivity contribution is 7.09. The van der Waals surface area contributed by atoms with Gasteiger partial charge in [-0.25, -0.2) is 9.59 Å². The molecular formula is C21H19N3O6S. The second-order valence-electron chi connectivity index (χ2n) is 5.73. The lowest BCUT2D eigenvalue weighted by molar-refractivity contribution is -0.122. The number of nitrogens with zero attached hydrogens (tertiary/aromatic N) is 2. The highest BCUT2D eigenvalue weighted by Gasteiger charge is 2.12. The van der Waals surface area contributed by atoms with E-state index in [-0.39, 0.29) is 19.0 Å². The maximum Gasteiger partial charge on any atom is 0.413 e. The van der Waals surface area contributed by atoms with E-state index in [1.165, 1.54) is 6.08 Å². The standard InChI is InChI=1S/C12H11N3O2S.C8H6O2.CH2O2/c1-2-10-13-11(18-15-10)14-12(16)17-8-9-6-4-3-5-7-9;9-8-7-3-1-2-6(4-7)5-10-8;2-1-3/h2-7H,1,8H2,(H,13,14,15,16);1-4H,5H2;1H,(H,2,3). The van der Waals surface area contributed by atoms with Crippen LogP contribution in [0.3, 0.4) is 0 Å². The van der Waals surface area contributed by atoms with Gasteiger partial charge < -0.3 is 14.6 Å². The number of rotatable bonds is 4. The van der Waals surface area contributed by atoms with Gasteiger partial charge in [0.1, 0.15) is 13.2 Å². The lowest BCUT2D eigenvalue weighted by atomic mass is 10.1. The number of anilines is 1. The number of fused-ring (bicyclic) bond motifs is 2. The Bertz CT molecular complexity index is 1020. The number of carbonyl (C=O) groups excluding carboxylic acids is 2. The molecule has 0 unspecified atom stereocenters. The first-order chi connectivity index (χ1) is 15.0. The fourth-order valence-electron chi connectivity index (χ4n) is 2.24. The van der Waals surface area contributed by atoms with Crippen molar-refractivity contribution in [1.82, 2.24) is 9.36 Å². The van der Waals surface area contributed by atoms with Crippen molar-refractivity contribution in [3.05, 3.63) is 83.7 Å². The van der Waals surface area contributed by atoms with Crippen molar-refractivity contribution in [3.8, 4) is 0 Å². The minimum atomic E-state index is -0.550. The van der Waals surface area contributed by atoms with Gasteiger partial charge in [0.25, 0.3) is 6.47 Å². The maximum absolute atomic E-state index is 11.5. The van der Waals surface area contributed by atoms with Crippen molar-refractivity contribution in [2.24, 2.45) is 0 Å². The van der Waals surface area contributed by atoms with Gasteiger partial charge in [0.05, 0.1) is 5.56 Å². The molecule has 1 aromatic heterocycles. The Labute approximate surface area is 182 Å². The number of benzene rings is 2. The molecule has 0 saturated heterocycles. The van der Waals surface area contributed by atoms with Gasteiger partial charge in [-0.3, -0.25) is 10.1 Å². The smallest absolute Gasteiger partial charge is 0.413 e. The van der Waals surface area contributed by atoms with E-state index < -0.39 is 6.09 Å². The fraction of sp³-hybridized carbons (Fsp3) is 0.0952. The van der Waals surface area contributed by atoms with Crippen LogP contribution in [0.1, 0.15) is 27.3 Å². The molecule has 4 rings (SSSR count). The normalized spacial score (nSPS) is 10.8. The highest BCUT2D eigenvalue weighted by Crippen LogP contribution is 2.14. The Balaban J connectivity index is 0.000000219. The van der Waals surface area contributed by atoms with Crippen LogP contribution in [0.5, 0.6) is 0 Å². The third kappa shape index (κ3) is 8.07. The van der Waals surface area contributed by atoms with Gasteiger partial charge in [-0.05, 0) is 29.3 Å². The van der Waals surface area contributed by atoms with Crippen molar-refractivity contribution >= 4 is 41.3 Å². The second-order valence-corrected chi connectivity index (χ2v) is 6.48. The zero-order valence-corrected chi connectivity index (χ0v) is 17.1. The molecule has 2 heterocycles. The largest absolute Gasteiger partial charge is 0.483 e. The number of esters is 1. The summed E-state index contributed by atoms with van der Waals surface area (Å²) in [6.45, 7) is 3.93. The quantitative estimate of drug-likeness (QED) is 0.459. The molecule has 2 aromatic carbocycles. The Morgan fingerprint density at radius 3 is 2.65 bits per heavy atom. The number of carbonyl (C=O) groups is 3. The summed E-state index contributed by atoms with van der Waals surface area (Å²) in [6.07, 6.45) is 0.961. The summed E-state index contributed by atoms with van der Waals surface area (Å²) >= 11 is 1.08. The van der Waals surface area contributed by atoms with E-state index in [1.807, 2.05) is 48.5 Å². The van der Waals surface area contributed by atoms with Crippen molar-refractivity contribution in [2.45, 2.75) is 13.2 Å². The molecule has 2 N–H and O–H groups in total.